The van der Waals surface area contributed by atoms with Crippen LogP contribution < -0.4 is 0 Å². The highest BCUT2D eigenvalue weighted by Gasteiger charge is 2.33. The van der Waals surface area contributed by atoms with Gasteiger partial charge in [-0.1, -0.05) is 12.8 Å². The average molecular weight is 255 g/mol. The maximum Gasteiger partial charge on any atom is 0.0900 e. The number of likely N-dealkylation sites (tertiary alicyclic amines) is 1. The molecular weight excluding hydrogens is 226 g/mol. The lowest BCUT2D eigenvalue weighted by Crippen LogP contribution is -2.50. The van der Waals surface area contributed by atoms with Crippen LogP contribution in [0.4, 0.5) is 0 Å². The van der Waals surface area contributed by atoms with Gasteiger partial charge in [-0.3, -0.25) is 4.90 Å². The van der Waals surface area contributed by atoms with E-state index in [0.29, 0.717) is 6.61 Å². The first-order chi connectivity index (χ1) is 8.66. The lowest BCUT2D eigenvalue weighted by atomic mass is 9.78. The van der Waals surface area contributed by atoms with Crippen molar-refractivity contribution in [1.29, 1.82) is 0 Å². The second-order valence-electron chi connectivity index (χ2n) is 6.28. The molecule has 0 spiro atoms. The lowest BCUT2D eigenvalue weighted by molar-refractivity contribution is -0.0308. The van der Waals surface area contributed by atoms with Crippen LogP contribution in [0.25, 0.3) is 0 Å². The fraction of sp³-hybridized carbons (Fsp3) is 1.00. The molecule has 0 amide bonds. The number of ether oxygens (including phenoxy) is 1. The summed E-state index contributed by atoms with van der Waals surface area (Å²) in [6.07, 6.45) is 8.11. The summed E-state index contributed by atoms with van der Waals surface area (Å²) in [5.41, 5.74) is 0. The molecular formula is C15H29NO2. The lowest BCUT2D eigenvalue weighted by Gasteiger charge is -2.44. The Hall–Kier alpha value is -0.120. The first kappa shape index (κ1) is 14.3. The van der Waals surface area contributed by atoms with Gasteiger partial charge in [0.05, 0.1) is 18.8 Å². The smallest absolute Gasteiger partial charge is 0.0900 e. The monoisotopic (exact) mass is 255 g/mol. The highest BCUT2D eigenvalue weighted by atomic mass is 16.5. The van der Waals surface area contributed by atoms with Crippen LogP contribution in [0.5, 0.6) is 0 Å². The van der Waals surface area contributed by atoms with Gasteiger partial charge in [0.25, 0.3) is 0 Å². The molecule has 1 aliphatic carbocycles. The first-order valence-electron chi connectivity index (χ1n) is 7.70. The standard InChI is InChI=1S/C15H29NO2/c1-12(2)18-11-14(17)10-16-9-5-7-13-6-3-4-8-15(13)16/h12-15,17H,3-11H2,1-2H3. The number of hydrogen-bond donors (Lipinski definition) is 1. The topological polar surface area (TPSA) is 32.7 Å². The van der Waals surface area contributed by atoms with E-state index < -0.39 is 0 Å². The number of fused-ring (bicyclic) bond motifs is 1. The molecule has 106 valence electrons. The predicted octanol–water partition coefficient (Wildman–Crippen LogP) is 2.43. The first-order valence-corrected chi connectivity index (χ1v) is 7.70. The molecule has 0 aromatic heterocycles. The molecule has 0 aromatic rings. The van der Waals surface area contributed by atoms with Crippen LogP contribution in [0, 0.1) is 5.92 Å². The van der Waals surface area contributed by atoms with Crippen molar-refractivity contribution in [2.45, 2.75) is 70.6 Å². The third kappa shape index (κ3) is 3.94. The largest absolute Gasteiger partial charge is 0.389 e. The normalized spacial score (nSPS) is 31.3. The number of β-amino-alcohol motifs (C(OH)–C–C–N with tert-alkyl or cyclic N) is 1. The van der Waals surface area contributed by atoms with E-state index in [2.05, 4.69) is 4.90 Å². The molecule has 1 heterocycles. The van der Waals surface area contributed by atoms with E-state index in [0.717, 1.165) is 18.5 Å². The second-order valence-corrected chi connectivity index (χ2v) is 6.28. The zero-order valence-electron chi connectivity index (χ0n) is 12.0. The molecule has 1 saturated carbocycles. The quantitative estimate of drug-likeness (QED) is 0.819. The highest BCUT2D eigenvalue weighted by molar-refractivity contribution is 4.88. The van der Waals surface area contributed by atoms with Crippen molar-refractivity contribution in [2.24, 2.45) is 5.92 Å². The number of aliphatic hydroxyl groups excluding tert-OH is 1. The summed E-state index contributed by atoms with van der Waals surface area (Å²) in [6.45, 7) is 6.48. The fourth-order valence-electron chi connectivity index (χ4n) is 3.58. The molecule has 0 aromatic carbocycles. The molecule has 2 rings (SSSR count). The van der Waals surface area contributed by atoms with E-state index in [4.69, 9.17) is 4.74 Å². The minimum Gasteiger partial charge on any atom is -0.389 e. The molecule has 2 aliphatic rings. The third-order valence-electron chi connectivity index (χ3n) is 4.43. The van der Waals surface area contributed by atoms with Crippen LogP contribution in [0.15, 0.2) is 0 Å². The predicted molar refractivity (Wildman–Crippen MR) is 73.6 cm³/mol. The number of piperidine rings is 1. The van der Waals surface area contributed by atoms with E-state index in [-0.39, 0.29) is 12.2 Å². The SMILES string of the molecule is CC(C)OCC(O)CN1CCCC2CCCCC21. The van der Waals surface area contributed by atoms with Crippen LogP contribution in [-0.2, 0) is 4.74 Å². The van der Waals surface area contributed by atoms with Gasteiger partial charge in [-0.2, -0.15) is 0 Å². The molecule has 3 heteroatoms. The van der Waals surface area contributed by atoms with E-state index in [1.165, 1.54) is 45.1 Å². The van der Waals surface area contributed by atoms with Gasteiger partial charge < -0.3 is 9.84 Å². The van der Waals surface area contributed by atoms with Crippen LogP contribution in [0.3, 0.4) is 0 Å². The Balaban J connectivity index is 1.79. The van der Waals surface area contributed by atoms with Crippen molar-refractivity contribution in [3.05, 3.63) is 0 Å². The molecule has 0 bridgehead atoms. The van der Waals surface area contributed by atoms with E-state index in [1.807, 2.05) is 13.8 Å². The Morgan fingerprint density at radius 3 is 2.67 bits per heavy atom. The molecule has 1 aliphatic heterocycles. The van der Waals surface area contributed by atoms with Gasteiger partial charge in [0.1, 0.15) is 0 Å². The molecule has 18 heavy (non-hydrogen) atoms. The zero-order chi connectivity index (χ0) is 13.0. The molecule has 2 fully saturated rings. The van der Waals surface area contributed by atoms with Gasteiger partial charge in [0.2, 0.25) is 0 Å². The summed E-state index contributed by atoms with van der Waals surface area (Å²) in [5, 5.41) is 10.1. The van der Waals surface area contributed by atoms with E-state index >= 15 is 0 Å². The fourth-order valence-corrected chi connectivity index (χ4v) is 3.58. The van der Waals surface area contributed by atoms with Crippen molar-refractivity contribution in [3.8, 4) is 0 Å². The van der Waals surface area contributed by atoms with Crippen molar-refractivity contribution >= 4 is 0 Å². The number of aliphatic hydroxyl groups is 1. The molecule has 3 atom stereocenters. The summed E-state index contributed by atoms with van der Waals surface area (Å²) in [5.74, 6) is 0.894. The van der Waals surface area contributed by atoms with Crippen molar-refractivity contribution in [1.82, 2.24) is 4.90 Å². The van der Waals surface area contributed by atoms with Gasteiger partial charge in [-0.25, -0.2) is 0 Å². The van der Waals surface area contributed by atoms with E-state index in [1.54, 1.807) is 0 Å². The van der Waals surface area contributed by atoms with Crippen LogP contribution in [0.1, 0.15) is 52.4 Å². The Morgan fingerprint density at radius 2 is 1.89 bits per heavy atom. The van der Waals surface area contributed by atoms with Gasteiger partial charge in [-0.05, 0) is 52.0 Å². The summed E-state index contributed by atoms with van der Waals surface area (Å²) >= 11 is 0. The number of hydrogen-bond acceptors (Lipinski definition) is 3. The van der Waals surface area contributed by atoms with Crippen LogP contribution in [-0.4, -0.2) is 48.0 Å². The van der Waals surface area contributed by atoms with Crippen molar-refractivity contribution in [3.63, 3.8) is 0 Å². The summed E-state index contributed by atoms with van der Waals surface area (Å²) in [4.78, 5) is 2.53. The summed E-state index contributed by atoms with van der Waals surface area (Å²) in [6, 6.07) is 0.737. The van der Waals surface area contributed by atoms with Crippen molar-refractivity contribution in [2.75, 3.05) is 19.7 Å². The molecule has 1 N–H and O–H groups in total. The Kier molecular flexibility index (Phi) is 5.46. The Bertz CT molecular complexity index is 243. The molecule has 3 nitrogen and oxygen atoms in total. The molecule has 3 unspecified atom stereocenters. The van der Waals surface area contributed by atoms with Gasteiger partial charge in [0.15, 0.2) is 0 Å². The van der Waals surface area contributed by atoms with E-state index in [9.17, 15) is 5.11 Å². The van der Waals surface area contributed by atoms with Crippen LogP contribution >= 0.6 is 0 Å². The number of rotatable bonds is 5. The Labute approximate surface area is 112 Å². The highest BCUT2D eigenvalue weighted by Crippen LogP contribution is 2.35. The van der Waals surface area contributed by atoms with Crippen LogP contribution in [0.2, 0.25) is 0 Å². The average Bonchev–Trinajstić information content (AvgIpc) is 2.37. The second kappa shape index (κ2) is 6.88. The van der Waals surface area contributed by atoms with Gasteiger partial charge in [-0.15, -0.1) is 0 Å². The minimum absolute atomic E-state index is 0.212. The van der Waals surface area contributed by atoms with Crippen molar-refractivity contribution < 1.29 is 9.84 Å². The molecule has 0 radical (unpaired) electrons. The third-order valence-corrected chi connectivity index (χ3v) is 4.43. The maximum atomic E-state index is 10.1. The molecule has 1 saturated heterocycles. The minimum atomic E-state index is -0.326. The number of nitrogens with zero attached hydrogens (tertiary/aromatic N) is 1. The maximum absolute atomic E-state index is 10.1. The van der Waals surface area contributed by atoms with Gasteiger partial charge >= 0.3 is 0 Å². The Morgan fingerprint density at radius 1 is 1.17 bits per heavy atom. The zero-order valence-corrected chi connectivity index (χ0v) is 12.0. The summed E-state index contributed by atoms with van der Waals surface area (Å²) in [7, 11) is 0. The van der Waals surface area contributed by atoms with Gasteiger partial charge in [0, 0.05) is 12.6 Å². The summed E-state index contributed by atoms with van der Waals surface area (Å²) < 4.78 is 5.50.